The Morgan fingerprint density at radius 1 is 1.32 bits per heavy atom. The van der Waals surface area contributed by atoms with Crippen LogP contribution in [0.4, 0.5) is 5.69 Å². The average molecular weight is 356 g/mol. The molecule has 3 rings (SSSR count). The van der Waals surface area contributed by atoms with E-state index in [0.29, 0.717) is 31.3 Å². The maximum Gasteiger partial charge on any atom is 0.246 e. The molecule has 1 aromatic carbocycles. The summed E-state index contributed by atoms with van der Waals surface area (Å²) in [5, 5.41) is 9.26. The highest BCUT2D eigenvalue weighted by molar-refractivity contribution is 7.13. The maximum atomic E-state index is 11.6. The summed E-state index contributed by atoms with van der Waals surface area (Å²) in [4.78, 5) is 18.7. The third-order valence-corrected chi connectivity index (χ3v) is 4.65. The van der Waals surface area contributed by atoms with Crippen molar-refractivity contribution in [3.63, 3.8) is 0 Å². The molecule has 0 aliphatic carbocycles. The Kier molecular flexibility index (Phi) is 5.45. The molecule has 0 unspecified atom stereocenters. The van der Waals surface area contributed by atoms with Crippen molar-refractivity contribution in [2.75, 3.05) is 11.9 Å². The van der Waals surface area contributed by atoms with Crippen molar-refractivity contribution in [2.45, 2.75) is 26.9 Å². The summed E-state index contributed by atoms with van der Waals surface area (Å²) >= 11 is 1.58. The van der Waals surface area contributed by atoms with Gasteiger partial charge in [0.2, 0.25) is 17.6 Å². The Labute approximate surface area is 150 Å². The first kappa shape index (κ1) is 17.2. The minimum atomic E-state index is 0.0767. The van der Waals surface area contributed by atoms with Gasteiger partial charge >= 0.3 is 0 Å². The topological polar surface area (TPSA) is 71.3 Å². The van der Waals surface area contributed by atoms with Crippen molar-refractivity contribution < 1.29 is 9.32 Å². The van der Waals surface area contributed by atoms with Crippen molar-refractivity contribution >= 4 is 22.9 Å². The third kappa shape index (κ3) is 4.45. The molecular weight excluding hydrogens is 336 g/mol. The number of hydrogen-bond donors (Lipinski definition) is 1. The summed E-state index contributed by atoms with van der Waals surface area (Å²) in [6, 6.07) is 11.9. The summed E-state index contributed by atoms with van der Waals surface area (Å²) in [5.41, 5.74) is 2.03. The van der Waals surface area contributed by atoms with Gasteiger partial charge in [0.25, 0.3) is 0 Å². The van der Waals surface area contributed by atoms with Crippen molar-refractivity contribution in [3.8, 4) is 10.7 Å². The molecule has 0 saturated carbocycles. The molecule has 25 heavy (non-hydrogen) atoms. The zero-order valence-corrected chi connectivity index (χ0v) is 15.0. The molecule has 7 heteroatoms. The molecule has 6 nitrogen and oxygen atoms in total. The normalized spacial score (nSPS) is 10.6. The van der Waals surface area contributed by atoms with Crippen molar-refractivity contribution in [1.29, 1.82) is 0 Å². The molecule has 0 bridgehead atoms. The summed E-state index contributed by atoms with van der Waals surface area (Å²) < 4.78 is 5.28. The van der Waals surface area contributed by atoms with Gasteiger partial charge in [0.05, 0.1) is 11.4 Å². The standard InChI is InChI=1S/C18H20N4O2S/c1-3-22(13(2)23)12-14-6-4-7-15(10-14)19-11-17-20-18(21-24-17)16-8-5-9-25-16/h4-10,19H,3,11-12H2,1-2H3. The third-order valence-electron chi connectivity index (χ3n) is 3.78. The minimum Gasteiger partial charge on any atom is -0.376 e. The molecule has 0 aliphatic heterocycles. The van der Waals surface area contributed by atoms with Crippen LogP contribution >= 0.6 is 11.3 Å². The summed E-state index contributed by atoms with van der Waals surface area (Å²) in [6.07, 6.45) is 0. The lowest BCUT2D eigenvalue weighted by molar-refractivity contribution is -0.129. The molecule has 0 aliphatic rings. The highest BCUT2D eigenvalue weighted by Gasteiger charge is 2.10. The molecular formula is C18H20N4O2S. The van der Waals surface area contributed by atoms with Crippen LogP contribution in [0, 0.1) is 0 Å². The average Bonchev–Trinajstić information content (AvgIpc) is 3.29. The molecule has 0 saturated heterocycles. The summed E-state index contributed by atoms with van der Waals surface area (Å²) in [6.45, 7) is 5.31. The van der Waals surface area contributed by atoms with E-state index < -0.39 is 0 Å². The van der Waals surface area contributed by atoms with Crippen LogP contribution in [0.5, 0.6) is 0 Å². The Morgan fingerprint density at radius 2 is 2.20 bits per heavy atom. The van der Waals surface area contributed by atoms with Crippen LogP contribution in [-0.4, -0.2) is 27.5 Å². The van der Waals surface area contributed by atoms with E-state index in [-0.39, 0.29) is 5.91 Å². The second-order valence-electron chi connectivity index (χ2n) is 5.58. The van der Waals surface area contributed by atoms with E-state index in [4.69, 9.17) is 4.52 Å². The molecule has 0 radical (unpaired) electrons. The first-order valence-electron chi connectivity index (χ1n) is 8.10. The summed E-state index contributed by atoms with van der Waals surface area (Å²) in [7, 11) is 0. The molecule has 2 heterocycles. The number of aromatic nitrogens is 2. The van der Waals surface area contributed by atoms with Crippen LogP contribution in [0.2, 0.25) is 0 Å². The van der Waals surface area contributed by atoms with Gasteiger partial charge in [-0.15, -0.1) is 11.3 Å². The van der Waals surface area contributed by atoms with Gasteiger partial charge in [-0.25, -0.2) is 0 Å². The summed E-state index contributed by atoms with van der Waals surface area (Å²) in [5.74, 6) is 1.22. The fourth-order valence-corrected chi connectivity index (χ4v) is 3.11. The molecule has 0 atom stereocenters. The fraction of sp³-hybridized carbons (Fsp3) is 0.278. The smallest absolute Gasteiger partial charge is 0.246 e. The van der Waals surface area contributed by atoms with Crippen LogP contribution in [-0.2, 0) is 17.9 Å². The van der Waals surface area contributed by atoms with Gasteiger partial charge in [0.15, 0.2) is 0 Å². The minimum absolute atomic E-state index is 0.0767. The van der Waals surface area contributed by atoms with Crippen LogP contribution in [0.25, 0.3) is 10.7 Å². The molecule has 0 spiro atoms. The van der Waals surface area contributed by atoms with Gasteiger partial charge in [0.1, 0.15) is 0 Å². The lowest BCUT2D eigenvalue weighted by Crippen LogP contribution is -2.27. The van der Waals surface area contributed by atoms with Crippen molar-refractivity contribution in [1.82, 2.24) is 15.0 Å². The van der Waals surface area contributed by atoms with Crippen LogP contribution in [0.1, 0.15) is 25.3 Å². The van der Waals surface area contributed by atoms with Crippen molar-refractivity contribution in [3.05, 3.63) is 53.2 Å². The number of hydrogen-bond acceptors (Lipinski definition) is 6. The number of anilines is 1. The van der Waals surface area contributed by atoms with Gasteiger partial charge in [0, 0.05) is 25.7 Å². The van der Waals surface area contributed by atoms with Crippen LogP contribution in [0.15, 0.2) is 46.3 Å². The van der Waals surface area contributed by atoms with Gasteiger partial charge in [-0.3, -0.25) is 4.79 Å². The van der Waals surface area contributed by atoms with Gasteiger partial charge in [-0.05, 0) is 36.1 Å². The van der Waals surface area contributed by atoms with Gasteiger partial charge in [-0.2, -0.15) is 4.98 Å². The van der Waals surface area contributed by atoms with E-state index in [9.17, 15) is 4.79 Å². The lowest BCUT2D eigenvalue weighted by atomic mass is 10.2. The predicted octanol–water partition coefficient (Wildman–Crippen LogP) is 3.78. The van der Waals surface area contributed by atoms with E-state index in [1.807, 2.05) is 48.7 Å². The molecule has 130 valence electrons. The SMILES string of the molecule is CCN(Cc1cccc(NCc2nc(-c3cccs3)no2)c1)C(C)=O. The second kappa shape index (κ2) is 7.94. The fourth-order valence-electron chi connectivity index (χ4n) is 2.46. The highest BCUT2D eigenvalue weighted by Crippen LogP contribution is 2.21. The van der Waals surface area contributed by atoms with Crippen molar-refractivity contribution in [2.24, 2.45) is 0 Å². The van der Waals surface area contributed by atoms with Gasteiger partial charge in [-0.1, -0.05) is 23.4 Å². The second-order valence-corrected chi connectivity index (χ2v) is 6.52. The zero-order chi connectivity index (χ0) is 17.6. The Morgan fingerprint density at radius 3 is 2.92 bits per heavy atom. The Hall–Kier alpha value is -2.67. The number of rotatable bonds is 7. The number of amides is 1. The number of carbonyl (C=O) groups is 1. The van der Waals surface area contributed by atoms with E-state index in [1.54, 1.807) is 23.2 Å². The Bertz CT molecular complexity index is 829. The molecule has 2 aromatic heterocycles. The van der Waals surface area contributed by atoms with E-state index >= 15 is 0 Å². The predicted molar refractivity (Wildman–Crippen MR) is 98.1 cm³/mol. The highest BCUT2D eigenvalue weighted by atomic mass is 32.1. The van der Waals surface area contributed by atoms with E-state index in [0.717, 1.165) is 16.1 Å². The lowest BCUT2D eigenvalue weighted by Gasteiger charge is -2.19. The molecule has 0 fully saturated rings. The van der Waals surface area contributed by atoms with Crippen LogP contribution in [0.3, 0.4) is 0 Å². The first-order valence-corrected chi connectivity index (χ1v) is 8.98. The van der Waals surface area contributed by atoms with E-state index in [1.165, 1.54) is 0 Å². The molecule has 1 amide bonds. The number of carbonyl (C=O) groups excluding carboxylic acids is 1. The van der Waals surface area contributed by atoms with Crippen LogP contribution < -0.4 is 5.32 Å². The van der Waals surface area contributed by atoms with Gasteiger partial charge < -0.3 is 14.7 Å². The largest absolute Gasteiger partial charge is 0.376 e. The number of nitrogens with one attached hydrogen (secondary N) is 1. The molecule has 1 N–H and O–H groups in total. The maximum absolute atomic E-state index is 11.6. The quantitative estimate of drug-likeness (QED) is 0.697. The van der Waals surface area contributed by atoms with E-state index in [2.05, 4.69) is 15.5 Å². The zero-order valence-electron chi connectivity index (χ0n) is 14.2. The Balaban J connectivity index is 1.62. The number of thiophene rings is 1. The first-order chi connectivity index (χ1) is 12.2. The molecule has 3 aromatic rings. The monoisotopic (exact) mass is 356 g/mol. The number of benzene rings is 1. The number of nitrogens with zero attached hydrogens (tertiary/aromatic N) is 3.